The normalized spacial score (nSPS) is 10.7. The molecule has 6 heterocycles. The zero-order chi connectivity index (χ0) is 36.6. The Hall–Kier alpha value is 0.219. The van der Waals surface area contributed by atoms with Crippen molar-refractivity contribution >= 4 is 132 Å². The minimum absolute atomic E-state index is 0.885. The fourth-order valence-electron chi connectivity index (χ4n) is 5.13. The van der Waals surface area contributed by atoms with Gasteiger partial charge in [-0.25, -0.2) is 0 Å². The molecule has 0 aliphatic rings. The Kier molecular flexibility index (Phi) is 20.1. The Bertz CT molecular complexity index is 1900. The van der Waals surface area contributed by atoms with Crippen molar-refractivity contribution in [1.29, 1.82) is 0 Å². The Morgan fingerprint density at radius 1 is 0.451 bits per heavy atom. The molecule has 8 aromatic rings. The zero-order valence-electron chi connectivity index (χ0n) is 27.1. The molecule has 0 spiro atoms. The van der Waals surface area contributed by atoms with E-state index in [4.69, 9.17) is 42.7 Å². The minimum Gasteiger partial charge on any atom is -0.653 e. The van der Waals surface area contributed by atoms with Crippen LogP contribution in [-0.4, -0.2) is 88.1 Å². The molecule has 51 heavy (non-hydrogen) atoms. The van der Waals surface area contributed by atoms with Crippen molar-refractivity contribution in [2.75, 3.05) is 0 Å². The van der Waals surface area contributed by atoms with E-state index in [1.807, 2.05) is 109 Å². The molecule has 0 unspecified atom stereocenters. The molecule has 0 aliphatic carbocycles. The fraction of sp³-hybridized carbons (Fsp3) is 0. The van der Waals surface area contributed by atoms with Crippen LogP contribution in [0.25, 0.3) is 67.1 Å². The molecular formula is C36H25Cl5K2N6Pt2. The molecule has 15 heteroatoms. The molecule has 0 amide bonds. The molecule has 0 radical (unpaired) electrons. The van der Waals surface area contributed by atoms with Crippen LogP contribution in [0.2, 0.25) is 0 Å². The molecule has 256 valence electrons. The smallest absolute Gasteiger partial charge is 0.0870 e. The van der Waals surface area contributed by atoms with Crippen LogP contribution in [0, 0.1) is 0 Å². The maximum atomic E-state index is 5.01. The number of pyridine rings is 4. The van der Waals surface area contributed by atoms with Crippen LogP contribution < -0.4 is 4.98 Å². The summed E-state index contributed by atoms with van der Waals surface area (Å²) in [6.07, 6.45) is 7.20. The number of aromatic amines is 1. The van der Waals surface area contributed by atoms with Crippen LogP contribution >= 0.6 is 47.1 Å². The van der Waals surface area contributed by atoms with Crippen LogP contribution in [0.3, 0.4) is 0 Å². The van der Waals surface area contributed by atoms with Gasteiger partial charge in [-0.15, -0.1) is 11.4 Å². The first kappa shape index (κ1) is 43.9. The molecule has 8 rings (SSSR count). The van der Waals surface area contributed by atoms with E-state index < -0.39 is 11.9 Å². The van der Waals surface area contributed by atoms with Crippen LogP contribution in [0.5, 0.6) is 0 Å². The van der Waals surface area contributed by atoms with Gasteiger partial charge in [-0.05, 0) is 59.3 Å². The number of hydrogen-bond acceptors (Lipinski definition) is 4. The van der Waals surface area contributed by atoms with E-state index in [0.717, 1.165) is 67.1 Å². The van der Waals surface area contributed by atoms with Crippen LogP contribution in [0.15, 0.2) is 146 Å². The quantitative estimate of drug-likeness (QED) is 0.178. The molecule has 6 nitrogen and oxygen atoms in total. The summed E-state index contributed by atoms with van der Waals surface area (Å²) < 4.78 is 0. The van der Waals surface area contributed by atoms with Crippen LogP contribution in [0.4, 0.5) is 0 Å². The number of aromatic nitrogens is 6. The van der Waals surface area contributed by atoms with E-state index in [0.29, 0.717) is 0 Å². The molecular weight excluding hydrogens is 1160 g/mol. The van der Waals surface area contributed by atoms with Gasteiger partial charge in [-0.2, -0.15) is 0 Å². The topological polar surface area (TPSA) is 81.5 Å². The SMILES string of the molecule is [Cl][Pt+].[Cl][Pt]([Cl])([Cl])[Cl].[K][K].c1ccc(-c2[n-]c(-c3ccccn3)c3ccccc23)nc1.c1ccc(-c2[nH]c(-c3ccccn3)c3ccccc23)nc1. The number of fused-ring (bicyclic) bond motifs is 2. The van der Waals surface area contributed by atoms with Crippen molar-refractivity contribution in [3.8, 4) is 45.6 Å². The Morgan fingerprint density at radius 2 is 0.725 bits per heavy atom. The second-order valence-corrected chi connectivity index (χ2v) is 29.6. The van der Waals surface area contributed by atoms with Gasteiger partial charge in [0.25, 0.3) is 0 Å². The average molecular weight is 1190 g/mol. The molecule has 0 saturated carbocycles. The van der Waals surface area contributed by atoms with E-state index in [1.54, 1.807) is 31.2 Å². The average Bonchev–Trinajstić information content (AvgIpc) is 3.77. The summed E-state index contributed by atoms with van der Waals surface area (Å²) in [5.74, 6) is 0. The summed E-state index contributed by atoms with van der Waals surface area (Å²) >= 11 is 1.06. The van der Waals surface area contributed by atoms with Gasteiger partial charge in [0.05, 0.1) is 22.8 Å². The van der Waals surface area contributed by atoms with Crippen molar-refractivity contribution in [2.45, 2.75) is 0 Å². The van der Waals surface area contributed by atoms with Crippen molar-refractivity contribution in [3.05, 3.63) is 146 Å². The largest absolute Gasteiger partial charge is 0.653 e. The first-order valence-electron chi connectivity index (χ1n) is 15.3. The summed E-state index contributed by atoms with van der Waals surface area (Å²) in [7, 11) is 24.6. The summed E-state index contributed by atoms with van der Waals surface area (Å²) in [5.41, 5.74) is 7.54. The summed E-state index contributed by atoms with van der Waals surface area (Å²) in [5, 5.41) is 4.54. The van der Waals surface area contributed by atoms with Crippen molar-refractivity contribution in [2.24, 2.45) is 0 Å². The Morgan fingerprint density at radius 3 is 1.02 bits per heavy atom. The molecule has 0 saturated heterocycles. The maximum Gasteiger partial charge on any atom is 0.0870 e. The summed E-state index contributed by atoms with van der Waals surface area (Å²) in [6.45, 7) is 0. The second-order valence-electron chi connectivity index (χ2n) is 9.91. The third-order valence-electron chi connectivity index (χ3n) is 7.03. The van der Waals surface area contributed by atoms with E-state index in [1.165, 1.54) is 63.2 Å². The third-order valence-corrected chi connectivity index (χ3v) is 7.03. The predicted molar refractivity (Wildman–Crippen MR) is 209 cm³/mol. The summed E-state index contributed by atoms with van der Waals surface area (Å²) in [6, 6.07) is 40.2. The minimum atomic E-state index is -3.06. The molecule has 0 fully saturated rings. The maximum absolute atomic E-state index is 5.01. The zero-order valence-corrected chi connectivity index (χ0v) is 41.7. The number of halogens is 5. The first-order valence-corrected chi connectivity index (χ1v) is 45.4. The van der Waals surface area contributed by atoms with Gasteiger partial charge in [0.1, 0.15) is 0 Å². The summed E-state index contributed by atoms with van der Waals surface area (Å²) in [4.78, 5) is 26.1. The van der Waals surface area contributed by atoms with Gasteiger partial charge in [0, 0.05) is 46.9 Å². The molecule has 0 atom stereocenters. The van der Waals surface area contributed by atoms with Crippen molar-refractivity contribution in [1.82, 2.24) is 29.9 Å². The van der Waals surface area contributed by atoms with Crippen LogP contribution in [0.1, 0.15) is 0 Å². The van der Waals surface area contributed by atoms with Crippen molar-refractivity contribution < 1.29 is 30.7 Å². The van der Waals surface area contributed by atoms with Gasteiger partial charge in [-0.3, -0.25) is 19.9 Å². The molecule has 0 bridgehead atoms. The standard InChI is InChI=1S/C18H13N3.C18H12N3.5ClH.2K.2Pt/c2*1-2-8-14-13(7-1)17(15-9-3-5-11-19-15)21-18(14)16-10-4-6-12-20-16;;;;;;;;;/h1-12,21H;1-12H;5*1H;;;;/q;-1;;;;;;;;+2;+4/p-5. The van der Waals surface area contributed by atoms with Crippen LogP contribution in [-0.2, 0) is 30.7 Å². The van der Waals surface area contributed by atoms with E-state index in [9.17, 15) is 0 Å². The van der Waals surface area contributed by atoms with Gasteiger partial charge in [0.2, 0.25) is 0 Å². The molecule has 1 N–H and O–H groups in total. The van der Waals surface area contributed by atoms with Crippen molar-refractivity contribution in [3.63, 3.8) is 0 Å². The molecule has 6 aromatic heterocycles. The number of H-pyrrole nitrogens is 1. The first-order chi connectivity index (χ1) is 24.9. The van der Waals surface area contributed by atoms with Gasteiger partial charge >= 0.3 is 141 Å². The van der Waals surface area contributed by atoms with E-state index in [2.05, 4.69) is 58.6 Å². The number of nitrogens with zero attached hydrogens (tertiary/aromatic N) is 5. The fourth-order valence-corrected chi connectivity index (χ4v) is 5.13. The second kappa shape index (κ2) is 23.3. The number of hydrogen-bond donors (Lipinski definition) is 1. The Labute approximate surface area is 376 Å². The van der Waals surface area contributed by atoms with Gasteiger partial charge < -0.3 is 9.97 Å². The monoisotopic (exact) mass is 1180 g/mol. The Balaban J connectivity index is 0.000000187. The molecule has 2 aromatic carbocycles. The molecule has 0 aliphatic heterocycles. The predicted octanol–water partition coefficient (Wildman–Crippen LogP) is 10.9. The number of nitrogens with one attached hydrogen (secondary N) is 1. The number of benzene rings is 2. The van der Waals surface area contributed by atoms with E-state index in [-0.39, 0.29) is 0 Å². The van der Waals surface area contributed by atoms with E-state index >= 15 is 0 Å². The van der Waals surface area contributed by atoms with Gasteiger partial charge in [-0.1, -0.05) is 72.8 Å². The number of rotatable bonds is 4. The van der Waals surface area contributed by atoms with Gasteiger partial charge in [0.15, 0.2) is 0 Å². The third kappa shape index (κ3) is 13.2.